The number of allylic oxidation sites excluding steroid dienone is 3. The van der Waals surface area contributed by atoms with Crippen LogP contribution in [0.1, 0.15) is 113 Å². The first-order valence-corrected chi connectivity index (χ1v) is 14.4. The van der Waals surface area contributed by atoms with E-state index in [1.54, 1.807) is 6.92 Å². The van der Waals surface area contributed by atoms with Crippen LogP contribution in [0.5, 0.6) is 0 Å². The maximum absolute atomic E-state index is 13.4. The van der Waals surface area contributed by atoms with Gasteiger partial charge in [-0.3, -0.25) is 0 Å². The molecule has 0 aliphatic heterocycles. The summed E-state index contributed by atoms with van der Waals surface area (Å²) >= 11 is 0. The van der Waals surface area contributed by atoms with E-state index in [9.17, 15) is 46.8 Å². The second-order valence-electron chi connectivity index (χ2n) is 13.1. The van der Waals surface area contributed by atoms with Crippen molar-refractivity contribution in [3.05, 3.63) is 23.3 Å². The van der Waals surface area contributed by atoms with Crippen LogP contribution < -0.4 is 0 Å². The first-order valence-electron chi connectivity index (χ1n) is 17.4. The average Bonchev–Trinajstić information content (AvgIpc) is 3.27. The van der Waals surface area contributed by atoms with E-state index in [0.717, 1.165) is 29.9 Å². The number of hydrogen-bond acceptors (Lipinski definition) is 4. The van der Waals surface area contributed by atoms with E-state index >= 15 is 0 Å². The Hall–Kier alpha value is -1.54. The zero-order chi connectivity index (χ0) is 36.8. The van der Waals surface area contributed by atoms with Gasteiger partial charge in [-0.05, 0) is 106 Å². The highest BCUT2D eigenvalue weighted by Gasteiger charge is 2.70. The molecule has 0 bridgehead atoms. The van der Waals surface area contributed by atoms with Gasteiger partial charge in [-0.2, -0.15) is 26.3 Å². The second kappa shape index (κ2) is 12.5. The van der Waals surface area contributed by atoms with Gasteiger partial charge in [0.2, 0.25) is 0 Å². The normalized spacial score (nSPS) is 34.5. The minimum Gasteiger partial charge on any atom is -0.393 e. The first-order chi connectivity index (χ1) is 21.6. The molecule has 42 heavy (non-hydrogen) atoms. The van der Waals surface area contributed by atoms with E-state index in [-0.39, 0.29) is 31.1 Å². The van der Waals surface area contributed by atoms with Crippen molar-refractivity contribution in [2.24, 2.45) is 22.7 Å². The van der Waals surface area contributed by atoms with Crippen LogP contribution >= 0.6 is 0 Å². The standard InChI is InChI=1S/C32H46F6O4/c1-27(2,41)13-6-14-28(3,15-7-17-30(42,31(33,34)35)32(36,37)38)26-12-11-25-22(8-5-16-29(25,26)4)10-9-21-18-23(39)20-24(40)19-21/h9-10,23-26,39-42H,5-6,8,11-16,18-20H2,1-4H3/b22-10+/t23-,24-,25?,26-,28-,29+/m1/s1/i1D3,2D3. The Morgan fingerprint density at radius 2 is 1.60 bits per heavy atom. The Labute approximate surface area is 253 Å². The SMILES string of the molecule is [2H]C([2H])([2H])C(O)(CCC[C@](C)(CC#CC(O)(C(F)(F)F)C(F)(F)F)[C@H]1CCC2/C(=C/C=C3C[C@@H](O)C[C@H](O)C3)CCC[C@@]21C)C([2H])([2H])[2H]. The van der Waals surface area contributed by atoms with Crippen LogP contribution in [0, 0.1) is 34.5 Å². The van der Waals surface area contributed by atoms with Crippen molar-refractivity contribution in [2.45, 2.75) is 140 Å². The molecule has 4 nitrogen and oxygen atoms in total. The molecule has 0 amide bonds. The van der Waals surface area contributed by atoms with E-state index in [2.05, 4.69) is 0 Å². The predicted octanol–water partition coefficient (Wildman–Crippen LogP) is 7.16. The molecular weight excluding hydrogens is 562 g/mol. The Bertz CT molecular complexity index is 1240. The molecule has 6 atom stereocenters. The highest BCUT2D eigenvalue weighted by atomic mass is 19.4. The number of hydrogen-bond donors (Lipinski definition) is 4. The lowest BCUT2D eigenvalue weighted by Crippen LogP contribution is -2.55. The molecule has 0 heterocycles. The Balaban J connectivity index is 2.01. The van der Waals surface area contributed by atoms with Crippen LogP contribution in [-0.2, 0) is 0 Å². The van der Waals surface area contributed by atoms with Crippen molar-refractivity contribution in [1.82, 2.24) is 0 Å². The molecular formula is C32H46F6O4. The lowest BCUT2D eigenvalue weighted by molar-refractivity contribution is -0.343. The van der Waals surface area contributed by atoms with E-state index < -0.39 is 73.1 Å². The largest absolute Gasteiger partial charge is 0.438 e. The van der Waals surface area contributed by atoms with Gasteiger partial charge in [0.25, 0.3) is 0 Å². The van der Waals surface area contributed by atoms with Crippen LogP contribution in [-0.4, -0.2) is 56.2 Å². The van der Waals surface area contributed by atoms with Gasteiger partial charge < -0.3 is 20.4 Å². The zero-order valence-electron chi connectivity index (χ0n) is 30.0. The summed E-state index contributed by atoms with van der Waals surface area (Å²) in [5, 5.41) is 40.6. The number of aliphatic hydroxyl groups is 4. The summed E-state index contributed by atoms with van der Waals surface area (Å²) in [5.41, 5.74) is -8.09. The molecule has 3 saturated carbocycles. The summed E-state index contributed by atoms with van der Waals surface area (Å²) in [5.74, 6) is 2.61. The quantitative estimate of drug-likeness (QED) is 0.181. The first kappa shape index (κ1) is 26.8. The average molecular weight is 615 g/mol. The molecule has 4 N–H and O–H groups in total. The van der Waals surface area contributed by atoms with Gasteiger partial charge in [-0.15, -0.1) is 0 Å². The summed E-state index contributed by atoms with van der Waals surface area (Å²) in [7, 11) is 0. The monoisotopic (exact) mass is 614 g/mol. The highest BCUT2D eigenvalue weighted by molar-refractivity contribution is 5.27. The summed E-state index contributed by atoms with van der Waals surface area (Å²) < 4.78 is 126. The maximum atomic E-state index is 13.4. The van der Waals surface area contributed by atoms with Crippen LogP contribution in [0.3, 0.4) is 0 Å². The van der Waals surface area contributed by atoms with E-state index in [4.69, 9.17) is 8.22 Å². The third kappa shape index (κ3) is 7.75. The van der Waals surface area contributed by atoms with Crippen molar-refractivity contribution in [3.63, 3.8) is 0 Å². The van der Waals surface area contributed by atoms with Gasteiger partial charge in [0.1, 0.15) is 0 Å². The van der Waals surface area contributed by atoms with Crippen molar-refractivity contribution in [2.75, 3.05) is 0 Å². The summed E-state index contributed by atoms with van der Waals surface area (Å²) in [6, 6.07) is 0. The molecule has 240 valence electrons. The van der Waals surface area contributed by atoms with E-state index in [1.807, 2.05) is 25.0 Å². The Kier molecular flexibility index (Phi) is 7.95. The third-order valence-corrected chi connectivity index (χ3v) is 9.75. The van der Waals surface area contributed by atoms with Gasteiger partial charge in [0.15, 0.2) is 0 Å². The van der Waals surface area contributed by atoms with Crippen molar-refractivity contribution in [1.29, 1.82) is 0 Å². The van der Waals surface area contributed by atoms with Gasteiger partial charge in [-0.25, -0.2) is 0 Å². The number of halogens is 6. The van der Waals surface area contributed by atoms with Gasteiger partial charge in [0.05, 0.1) is 17.8 Å². The van der Waals surface area contributed by atoms with Crippen molar-refractivity contribution < 1.29 is 55.0 Å². The van der Waals surface area contributed by atoms with Crippen molar-refractivity contribution >= 4 is 0 Å². The molecule has 0 spiro atoms. The van der Waals surface area contributed by atoms with Crippen LogP contribution in [0.15, 0.2) is 23.3 Å². The molecule has 3 rings (SSSR count). The smallest absolute Gasteiger partial charge is 0.393 e. The van der Waals surface area contributed by atoms with Crippen LogP contribution in [0.25, 0.3) is 0 Å². The van der Waals surface area contributed by atoms with Gasteiger partial charge in [-0.1, -0.05) is 49.5 Å². The summed E-state index contributed by atoms with van der Waals surface area (Å²) in [4.78, 5) is 0. The number of rotatable bonds is 7. The molecule has 0 aromatic rings. The van der Waals surface area contributed by atoms with Gasteiger partial charge >= 0.3 is 18.0 Å². The fourth-order valence-corrected chi connectivity index (χ4v) is 7.73. The van der Waals surface area contributed by atoms with Gasteiger partial charge in [0, 0.05) is 14.6 Å². The molecule has 0 aromatic heterocycles. The lowest BCUT2D eigenvalue weighted by atomic mass is 9.55. The number of fused-ring (bicyclic) bond motifs is 1. The third-order valence-electron chi connectivity index (χ3n) is 9.75. The molecule has 10 heteroatoms. The number of alkyl halides is 6. The lowest BCUT2D eigenvalue weighted by Gasteiger charge is -2.49. The fourth-order valence-electron chi connectivity index (χ4n) is 7.73. The molecule has 1 unspecified atom stereocenters. The highest BCUT2D eigenvalue weighted by Crippen LogP contribution is 2.63. The predicted molar refractivity (Wildman–Crippen MR) is 148 cm³/mol. The second-order valence-corrected chi connectivity index (χ2v) is 13.1. The van der Waals surface area contributed by atoms with Crippen LogP contribution in [0.4, 0.5) is 26.3 Å². The minimum atomic E-state index is -6.14. The van der Waals surface area contributed by atoms with E-state index in [0.29, 0.717) is 32.1 Å². The topological polar surface area (TPSA) is 80.9 Å². The molecule has 0 radical (unpaired) electrons. The molecule has 3 fully saturated rings. The Morgan fingerprint density at radius 3 is 2.17 bits per heavy atom. The fraction of sp³-hybridized carbons (Fsp3) is 0.812. The molecule has 0 aromatic carbocycles. The van der Waals surface area contributed by atoms with Crippen molar-refractivity contribution in [3.8, 4) is 11.8 Å². The summed E-state index contributed by atoms with van der Waals surface area (Å²) in [6.45, 7) is -3.00. The summed E-state index contributed by atoms with van der Waals surface area (Å²) in [6.07, 6.45) is -6.93. The molecule has 3 aliphatic rings. The molecule has 3 aliphatic carbocycles. The van der Waals surface area contributed by atoms with Crippen LogP contribution in [0.2, 0.25) is 0 Å². The molecule has 0 saturated heterocycles. The zero-order valence-corrected chi connectivity index (χ0v) is 24.0. The van der Waals surface area contributed by atoms with E-state index in [1.165, 1.54) is 0 Å². The minimum absolute atomic E-state index is 0.0252. The number of aliphatic hydroxyl groups excluding tert-OH is 2. The Morgan fingerprint density at radius 1 is 0.976 bits per heavy atom. The maximum Gasteiger partial charge on any atom is 0.438 e.